The van der Waals surface area contributed by atoms with Gasteiger partial charge in [-0.25, -0.2) is 9.37 Å². The molecule has 0 bridgehead atoms. The number of halogens is 1. The maximum atomic E-state index is 13.8. The van der Waals surface area contributed by atoms with Crippen LogP contribution in [0.25, 0.3) is 11.4 Å². The summed E-state index contributed by atoms with van der Waals surface area (Å²) in [7, 11) is 0. The van der Waals surface area contributed by atoms with Crippen LogP contribution < -0.4 is 5.32 Å². The van der Waals surface area contributed by atoms with Crippen molar-refractivity contribution in [3.8, 4) is 11.4 Å². The number of carbonyl (C=O) groups excluding carboxylic acids is 1. The Morgan fingerprint density at radius 1 is 0.935 bits per heavy atom. The number of hydrogen-bond acceptors (Lipinski definition) is 6. The van der Waals surface area contributed by atoms with Gasteiger partial charge in [-0.1, -0.05) is 42.1 Å². The molecule has 4 rings (SSSR count). The largest absolute Gasteiger partial charge is 0.325 e. The fraction of sp³-hybridized carbons (Fsp3) is 0.0455. The van der Waals surface area contributed by atoms with Gasteiger partial charge >= 0.3 is 0 Å². The fourth-order valence-electron chi connectivity index (χ4n) is 2.63. The molecule has 0 spiro atoms. The predicted molar refractivity (Wildman–Crippen MR) is 118 cm³/mol. The third-order valence-electron chi connectivity index (χ3n) is 4.11. The number of rotatable bonds is 7. The summed E-state index contributed by atoms with van der Waals surface area (Å²) >= 11 is 1.16. The van der Waals surface area contributed by atoms with Gasteiger partial charge in [-0.3, -0.25) is 9.89 Å². The summed E-state index contributed by atoms with van der Waals surface area (Å²) in [4.78, 5) is 16.4. The first-order valence-corrected chi connectivity index (χ1v) is 10.3. The number of nitrogens with one attached hydrogen (secondary N) is 2. The lowest BCUT2D eigenvalue weighted by Gasteiger charge is -2.04. The Labute approximate surface area is 181 Å². The number of azo groups is 1. The molecular weight excluding hydrogens is 415 g/mol. The summed E-state index contributed by atoms with van der Waals surface area (Å²) in [5.74, 6) is -0.161. The molecule has 2 N–H and O–H groups in total. The maximum absolute atomic E-state index is 13.8. The number of aromatic nitrogens is 3. The predicted octanol–water partition coefficient (Wildman–Crippen LogP) is 5.76. The second kappa shape index (κ2) is 9.77. The zero-order valence-corrected chi connectivity index (χ0v) is 17.0. The maximum Gasteiger partial charge on any atom is 0.234 e. The van der Waals surface area contributed by atoms with Gasteiger partial charge < -0.3 is 5.32 Å². The molecule has 31 heavy (non-hydrogen) atoms. The number of nitrogens with zero attached hydrogens (tertiary/aromatic N) is 4. The van der Waals surface area contributed by atoms with E-state index < -0.39 is 0 Å². The van der Waals surface area contributed by atoms with Gasteiger partial charge in [-0.05, 0) is 48.5 Å². The fourth-order valence-corrected chi connectivity index (χ4v) is 3.23. The Kier molecular flexibility index (Phi) is 6.44. The first-order chi connectivity index (χ1) is 15.2. The highest BCUT2D eigenvalue weighted by Crippen LogP contribution is 2.23. The van der Waals surface area contributed by atoms with Crippen LogP contribution in [0.4, 0.5) is 21.5 Å². The minimum atomic E-state index is -0.389. The number of hydrogen-bond donors (Lipinski definition) is 2. The van der Waals surface area contributed by atoms with Crippen molar-refractivity contribution in [3.05, 3.63) is 84.7 Å². The van der Waals surface area contributed by atoms with Gasteiger partial charge in [-0.2, -0.15) is 10.2 Å². The van der Waals surface area contributed by atoms with Gasteiger partial charge in [0.25, 0.3) is 0 Å². The molecule has 1 aromatic heterocycles. The topological polar surface area (TPSA) is 95.4 Å². The number of anilines is 1. The van der Waals surface area contributed by atoms with Crippen molar-refractivity contribution in [2.24, 2.45) is 10.2 Å². The first-order valence-electron chi connectivity index (χ1n) is 9.34. The van der Waals surface area contributed by atoms with Gasteiger partial charge in [0.2, 0.25) is 11.1 Å². The summed E-state index contributed by atoms with van der Waals surface area (Å²) < 4.78 is 13.8. The Balaban J connectivity index is 1.29. The number of amides is 1. The molecule has 1 amide bonds. The van der Waals surface area contributed by atoms with Crippen LogP contribution in [0.3, 0.4) is 0 Å². The number of carbonyl (C=O) groups is 1. The molecule has 1 heterocycles. The Morgan fingerprint density at radius 2 is 1.61 bits per heavy atom. The van der Waals surface area contributed by atoms with Crippen LogP contribution in [-0.2, 0) is 4.79 Å². The Morgan fingerprint density at radius 3 is 2.35 bits per heavy atom. The number of thioether (sulfide) groups is 1. The van der Waals surface area contributed by atoms with Crippen LogP contribution in [0.2, 0.25) is 0 Å². The molecule has 0 aliphatic carbocycles. The summed E-state index contributed by atoms with van der Waals surface area (Å²) in [6.45, 7) is 0. The minimum absolute atomic E-state index is 0.115. The van der Waals surface area contributed by atoms with Gasteiger partial charge in [0.15, 0.2) is 5.82 Å². The molecule has 3 aromatic carbocycles. The Bertz CT molecular complexity index is 1190. The summed E-state index contributed by atoms with van der Waals surface area (Å²) in [6, 6.07) is 22.8. The SMILES string of the molecule is O=C(CSc1n[nH]c(-c2ccccc2F)n1)Nc1ccc(N=Nc2ccccc2)cc1. The normalized spacial score (nSPS) is 11.0. The average Bonchev–Trinajstić information content (AvgIpc) is 3.27. The number of aromatic amines is 1. The van der Waals surface area contributed by atoms with Crippen LogP contribution in [0.15, 0.2) is 94.2 Å². The van der Waals surface area contributed by atoms with Gasteiger partial charge in [0.1, 0.15) is 5.82 Å². The number of H-pyrrole nitrogens is 1. The number of benzene rings is 3. The van der Waals surface area contributed by atoms with E-state index in [-0.39, 0.29) is 17.5 Å². The quantitative estimate of drug-likeness (QED) is 0.287. The molecule has 0 aliphatic rings. The molecule has 154 valence electrons. The summed E-state index contributed by atoms with van der Waals surface area (Å²) in [5.41, 5.74) is 2.42. The van der Waals surface area contributed by atoms with E-state index in [0.717, 1.165) is 17.4 Å². The van der Waals surface area contributed by atoms with E-state index in [9.17, 15) is 9.18 Å². The highest BCUT2D eigenvalue weighted by Gasteiger charge is 2.11. The van der Waals surface area contributed by atoms with Gasteiger partial charge in [-0.15, -0.1) is 5.10 Å². The molecule has 4 aromatic rings. The van der Waals surface area contributed by atoms with Crippen LogP contribution >= 0.6 is 11.8 Å². The zero-order valence-electron chi connectivity index (χ0n) is 16.2. The molecule has 7 nitrogen and oxygen atoms in total. The minimum Gasteiger partial charge on any atom is -0.325 e. The lowest BCUT2D eigenvalue weighted by molar-refractivity contribution is -0.113. The molecule has 0 atom stereocenters. The third kappa shape index (κ3) is 5.61. The molecule has 0 unspecified atom stereocenters. The van der Waals surface area contributed by atoms with Crippen molar-refractivity contribution in [1.29, 1.82) is 0 Å². The molecule has 9 heteroatoms. The van der Waals surface area contributed by atoms with E-state index >= 15 is 0 Å². The van der Waals surface area contributed by atoms with Crippen molar-refractivity contribution in [2.45, 2.75) is 5.16 Å². The Hall–Kier alpha value is -3.85. The summed E-state index contributed by atoms with van der Waals surface area (Å²) in [5, 5.41) is 18.2. The van der Waals surface area contributed by atoms with E-state index in [0.29, 0.717) is 27.9 Å². The molecule has 0 aliphatic heterocycles. The van der Waals surface area contributed by atoms with Gasteiger partial charge in [0.05, 0.1) is 22.7 Å². The van der Waals surface area contributed by atoms with Crippen LogP contribution in [-0.4, -0.2) is 26.8 Å². The second-order valence-electron chi connectivity index (χ2n) is 6.37. The van der Waals surface area contributed by atoms with Crippen molar-refractivity contribution in [1.82, 2.24) is 15.2 Å². The van der Waals surface area contributed by atoms with Crippen LogP contribution in [0.5, 0.6) is 0 Å². The van der Waals surface area contributed by atoms with E-state index in [1.54, 1.807) is 42.5 Å². The second-order valence-corrected chi connectivity index (χ2v) is 7.31. The molecular formula is C22H17FN6OS. The van der Waals surface area contributed by atoms with Crippen LogP contribution in [0, 0.1) is 5.82 Å². The highest BCUT2D eigenvalue weighted by molar-refractivity contribution is 7.99. The van der Waals surface area contributed by atoms with E-state index in [1.807, 2.05) is 30.3 Å². The smallest absolute Gasteiger partial charge is 0.234 e. The molecule has 0 saturated heterocycles. The third-order valence-corrected chi connectivity index (χ3v) is 4.96. The van der Waals surface area contributed by atoms with Crippen molar-refractivity contribution in [2.75, 3.05) is 11.1 Å². The molecule has 0 fully saturated rings. The summed E-state index contributed by atoms with van der Waals surface area (Å²) in [6.07, 6.45) is 0. The van der Waals surface area contributed by atoms with Crippen molar-refractivity contribution >= 4 is 34.7 Å². The highest BCUT2D eigenvalue weighted by atomic mass is 32.2. The van der Waals surface area contributed by atoms with E-state index in [4.69, 9.17) is 0 Å². The average molecular weight is 432 g/mol. The van der Waals surface area contributed by atoms with E-state index in [1.165, 1.54) is 6.07 Å². The van der Waals surface area contributed by atoms with Crippen LogP contribution in [0.1, 0.15) is 0 Å². The lowest BCUT2D eigenvalue weighted by atomic mass is 10.2. The first kappa shape index (κ1) is 20.4. The van der Waals surface area contributed by atoms with Crippen molar-refractivity contribution in [3.63, 3.8) is 0 Å². The lowest BCUT2D eigenvalue weighted by Crippen LogP contribution is -2.13. The zero-order chi connectivity index (χ0) is 21.5. The monoisotopic (exact) mass is 432 g/mol. The van der Waals surface area contributed by atoms with Gasteiger partial charge in [0, 0.05) is 5.69 Å². The molecule has 0 saturated carbocycles. The van der Waals surface area contributed by atoms with Crippen molar-refractivity contribution < 1.29 is 9.18 Å². The molecule has 0 radical (unpaired) electrons. The standard InChI is InChI=1S/C22H17FN6OS/c23-19-9-5-4-8-18(19)21-25-22(29-28-21)31-14-20(30)24-15-10-12-17(13-11-15)27-26-16-6-2-1-3-7-16/h1-13H,14H2,(H,24,30)(H,25,28,29). The van der Waals surface area contributed by atoms with E-state index in [2.05, 4.69) is 30.7 Å².